The molecule has 1 heterocycles. The molecule has 6 nitrogen and oxygen atoms in total. The van der Waals surface area contributed by atoms with E-state index in [0.29, 0.717) is 0 Å². The average Bonchev–Trinajstić information content (AvgIpc) is 2.57. The van der Waals surface area contributed by atoms with Gasteiger partial charge in [0.15, 0.2) is 0 Å². The first kappa shape index (κ1) is 12.0. The summed E-state index contributed by atoms with van der Waals surface area (Å²) in [5, 5.41) is 10.7. The van der Waals surface area contributed by atoms with Gasteiger partial charge in [-0.1, -0.05) is 0 Å². The van der Waals surface area contributed by atoms with Crippen molar-refractivity contribution >= 4 is 5.91 Å². The second-order valence-electron chi connectivity index (χ2n) is 3.64. The summed E-state index contributed by atoms with van der Waals surface area (Å²) in [6, 6.07) is 1.86. The van der Waals surface area contributed by atoms with E-state index in [-0.39, 0.29) is 30.7 Å². The minimum atomic E-state index is -0.342. The summed E-state index contributed by atoms with van der Waals surface area (Å²) in [5.41, 5.74) is -0.220. The highest BCUT2D eigenvalue weighted by molar-refractivity contribution is 5.75. The van der Waals surface area contributed by atoms with Gasteiger partial charge in [-0.15, -0.1) is 0 Å². The lowest BCUT2D eigenvalue weighted by Crippen LogP contribution is -2.33. The van der Waals surface area contributed by atoms with Gasteiger partial charge in [0.1, 0.15) is 13.1 Å². The first-order valence-electron chi connectivity index (χ1n) is 4.97. The summed E-state index contributed by atoms with van der Waals surface area (Å²) in [7, 11) is 0. The van der Waals surface area contributed by atoms with Gasteiger partial charge in [0.05, 0.1) is 6.07 Å². The van der Waals surface area contributed by atoms with Crippen molar-refractivity contribution in [1.29, 1.82) is 5.26 Å². The lowest BCUT2D eigenvalue weighted by atomic mass is 10.4. The summed E-state index contributed by atoms with van der Waals surface area (Å²) in [4.78, 5) is 23.0. The van der Waals surface area contributed by atoms with Crippen LogP contribution in [-0.2, 0) is 11.3 Å². The first-order chi connectivity index (χ1) is 7.56. The van der Waals surface area contributed by atoms with Crippen LogP contribution in [0.3, 0.4) is 0 Å². The molecule has 86 valence electrons. The highest BCUT2D eigenvalue weighted by Gasteiger charge is 2.08. The molecule has 1 aromatic heterocycles. The van der Waals surface area contributed by atoms with Crippen LogP contribution in [0.15, 0.2) is 17.2 Å². The fourth-order valence-electron chi connectivity index (χ4n) is 1.29. The molecule has 0 unspecified atom stereocenters. The standard InChI is InChI=1S/C10H14N4O2/c1-8(2)14-6-5-13(10(14)16)7-9(15)12-4-3-11/h5-6,8H,4,7H2,1-2H3,(H,12,15). The molecule has 0 radical (unpaired) electrons. The Hall–Kier alpha value is -2.03. The van der Waals surface area contributed by atoms with E-state index in [2.05, 4.69) is 5.32 Å². The number of carbonyl (C=O) groups is 1. The molecule has 0 saturated carbocycles. The quantitative estimate of drug-likeness (QED) is 0.721. The van der Waals surface area contributed by atoms with Gasteiger partial charge in [-0.05, 0) is 13.8 Å². The third-order valence-corrected chi connectivity index (χ3v) is 2.11. The molecule has 0 aromatic carbocycles. The third-order valence-electron chi connectivity index (χ3n) is 2.11. The molecule has 0 bridgehead atoms. The fourth-order valence-corrected chi connectivity index (χ4v) is 1.29. The highest BCUT2D eigenvalue weighted by atomic mass is 16.2. The summed E-state index contributed by atoms with van der Waals surface area (Å²) < 4.78 is 2.85. The van der Waals surface area contributed by atoms with Crippen molar-refractivity contribution in [3.63, 3.8) is 0 Å². The van der Waals surface area contributed by atoms with Crippen molar-refractivity contribution in [1.82, 2.24) is 14.5 Å². The number of hydrogen-bond donors (Lipinski definition) is 1. The second kappa shape index (κ2) is 5.16. The zero-order valence-electron chi connectivity index (χ0n) is 9.30. The van der Waals surface area contributed by atoms with Crippen LogP contribution < -0.4 is 11.0 Å². The second-order valence-corrected chi connectivity index (χ2v) is 3.64. The summed E-state index contributed by atoms with van der Waals surface area (Å²) in [6.45, 7) is 3.68. The van der Waals surface area contributed by atoms with Crippen LogP contribution >= 0.6 is 0 Å². The highest BCUT2D eigenvalue weighted by Crippen LogP contribution is 1.98. The van der Waals surface area contributed by atoms with Crippen molar-refractivity contribution in [3.05, 3.63) is 22.9 Å². The van der Waals surface area contributed by atoms with Crippen molar-refractivity contribution in [3.8, 4) is 6.07 Å². The van der Waals surface area contributed by atoms with E-state index in [9.17, 15) is 9.59 Å². The number of hydrogen-bond acceptors (Lipinski definition) is 3. The van der Waals surface area contributed by atoms with Gasteiger partial charge in [-0.25, -0.2) is 4.79 Å². The summed E-state index contributed by atoms with van der Waals surface area (Å²) in [6.07, 6.45) is 3.21. The Kier molecular flexibility index (Phi) is 3.89. The predicted molar refractivity (Wildman–Crippen MR) is 57.7 cm³/mol. The lowest BCUT2D eigenvalue weighted by molar-refractivity contribution is -0.121. The number of nitrogens with one attached hydrogen (secondary N) is 1. The molecule has 1 aromatic rings. The number of imidazole rings is 1. The largest absolute Gasteiger partial charge is 0.341 e. The Bertz CT molecular complexity index is 464. The van der Waals surface area contributed by atoms with E-state index in [1.54, 1.807) is 18.5 Å². The molecule has 0 spiro atoms. The number of amides is 1. The zero-order chi connectivity index (χ0) is 12.1. The van der Waals surface area contributed by atoms with Gasteiger partial charge >= 0.3 is 5.69 Å². The summed E-state index contributed by atoms with van der Waals surface area (Å²) >= 11 is 0. The van der Waals surface area contributed by atoms with E-state index >= 15 is 0 Å². The molecule has 0 atom stereocenters. The maximum atomic E-state index is 11.7. The predicted octanol–water partition coefficient (Wildman–Crippen LogP) is -0.130. The molecule has 0 saturated heterocycles. The van der Waals surface area contributed by atoms with Crippen molar-refractivity contribution in [2.75, 3.05) is 6.54 Å². The average molecular weight is 222 g/mol. The van der Waals surface area contributed by atoms with Crippen molar-refractivity contribution in [2.24, 2.45) is 0 Å². The van der Waals surface area contributed by atoms with E-state index in [4.69, 9.17) is 5.26 Å². The molecule has 0 aliphatic heterocycles. The first-order valence-corrected chi connectivity index (χ1v) is 4.97. The maximum Gasteiger partial charge on any atom is 0.328 e. The SMILES string of the molecule is CC(C)n1ccn(CC(=O)NCC#N)c1=O. The van der Waals surface area contributed by atoms with Crippen LogP contribution in [-0.4, -0.2) is 21.6 Å². The molecule has 6 heteroatoms. The topological polar surface area (TPSA) is 79.8 Å². The summed E-state index contributed by atoms with van der Waals surface area (Å²) in [5.74, 6) is -0.342. The maximum absolute atomic E-state index is 11.7. The van der Waals surface area contributed by atoms with Gasteiger partial charge in [-0.3, -0.25) is 13.9 Å². The normalized spacial score (nSPS) is 10.1. The van der Waals surface area contributed by atoms with E-state index in [1.165, 1.54) is 9.13 Å². The lowest BCUT2D eigenvalue weighted by Gasteiger charge is -2.04. The molecule has 1 amide bonds. The van der Waals surface area contributed by atoms with Crippen molar-refractivity contribution in [2.45, 2.75) is 26.4 Å². The number of nitriles is 1. The van der Waals surface area contributed by atoms with Gasteiger partial charge in [0.25, 0.3) is 0 Å². The van der Waals surface area contributed by atoms with Crippen molar-refractivity contribution < 1.29 is 4.79 Å². The number of aromatic nitrogens is 2. The molecular weight excluding hydrogens is 208 g/mol. The minimum Gasteiger partial charge on any atom is -0.341 e. The number of nitrogens with zero attached hydrogens (tertiary/aromatic N) is 3. The molecule has 16 heavy (non-hydrogen) atoms. The van der Waals surface area contributed by atoms with Crippen LogP contribution in [0.2, 0.25) is 0 Å². The van der Waals surface area contributed by atoms with Gasteiger partial charge in [0, 0.05) is 18.4 Å². The Labute approximate surface area is 93.1 Å². The third kappa shape index (κ3) is 2.73. The van der Waals surface area contributed by atoms with Gasteiger partial charge < -0.3 is 5.32 Å². The van der Waals surface area contributed by atoms with Gasteiger partial charge in [-0.2, -0.15) is 5.26 Å². The van der Waals surface area contributed by atoms with E-state index in [1.807, 2.05) is 13.8 Å². The number of rotatable bonds is 4. The van der Waals surface area contributed by atoms with Crippen LogP contribution in [0.1, 0.15) is 19.9 Å². The molecule has 0 aliphatic carbocycles. The monoisotopic (exact) mass is 222 g/mol. The fraction of sp³-hybridized carbons (Fsp3) is 0.500. The smallest absolute Gasteiger partial charge is 0.328 e. The molecule has 1 rings (SSSR count). The molecule has 1 N–H and O–H groups in total. The van der Waals surface area contributed by atoms with Crippen LogP contribution in [0, 0.1) is 11.3 Å². The van der Waals surface area contributed by atoms with Crippen LogP contribution in [0.25, 0.3) is 0 Å². The Morgan fingerprint density at radius 2 is 2.25 bits per heavy atom. The Balaban J connectivity index is 2.73. The Morgan fingerprint density at radius 1 is 1.56 bits per heavy atom. The molecular formula is C10H14N4O2. The molecule has 0 aliphatic rings. The molecule has 0 fully saturated rings. The van der Waals surface area contributed by atoms with Crippen LogP contribution in [0.4, 0.5) is 0 Å². The van der Waals surface area contributed by atoms with Crippen LogP contribution in [0.5, 0.6) is 0 Å². The van der Waals surface area contributed by atoms with E-state index < -0.39 is 0 Å². The zero-order valence-corrected chi connectivity index (χ0v) is 9.30. The minimum absolute atomic E-state index is 0.0432. The van der Waals surface area contributed by atoms with Gasteiger partial charge in [0.2, 0.25) is 5.91 Å². The Morgan fingerprint density at radius 3 is 2.75 bits per heavy atom. The number of carbonyl (C=O) groups excluding carboxylic acids is 1. The van der Waals surface area contributed by atoms with E-state index in [0.717, 1.165) is 0 Å².